The summed E-state index contributed by atoms with van der Waals surface area (Å²) in [6, 6.07) is 4.63. The summed E-state index contributed by atoms with van der Waals surface area (Å²) >= 11 is 0. The molecular formula is C29H42F2N4O7. The Morgan fingerprint density at radius 2 is 1.52 bits per heavy atom. The lowest BCUT2D eigenvalue weighted by atomic mass is 9.95. The highest BCUT2D eigenvalue weighted by atomic mass is 19.3. The van der Waals surface area contributed by atoms with Crippen molar-refractivity contribution < 1.29 is 42.2 Å². The number of carbonyl (C=O) groups is 5. The Kier molecular flexibility index (Phi) is 11.8. The second-order valence-corrected chi connectivity index (χ2v) is 11.9. The van der Waals surface area contributed by atoms with E-state index in [2.05, 4.69) is 10.6 Å². The first-order chi connectivity index (χ1) is 19.4. The predicted molar refractivity (Wildman–Crippen MR) is 150 cm³/mol. The molecule has 2 rings (SSSR count). The number of likely N-dealkylation sites (tertiary alicyclic amines) is 1. The van der Waals surface area contributed by atoms with E-state index in [0.29, 0.717) is 6.42 Å². The summed E-state index contributed by atoms with van der Waals surface area (Å²) in [4.78, 5) is 65.2. The molecule has 1 aliphatic heterocycles. The molecular weight excluding hydrogens is 554 g/mol. The number of hydrogen-bond donors (Lipinski definition) is 3. The minimum Gasteiger partial charge on any atom is -0.444 e. The zero-order chi connectivity index (χ0) is 31.8. The number of alkyl carbamates (subject to hydrolysis) is 1. The zero-order valence-corrected chi connectivity index (χ0v) is 25.2. The average molecular weight is 597 g/mol. The molecule has 1 heterocycles. The number of amides is 4. The van der Waals surface area contributed by atoms with Crippen molar-refractivity contribution in [3.8, 4) is 5.75 Å². The lowest BCUT2D eigenvalue weighted by Crippen LogP contribution is -2.59. The Bertz CT molecular complexity index is 1120. The van der Waals surface area contributed by atoms with Crippen LogP contribution in [0.3, 0.4) is 0 Å². The molecule has 1 saturated heterocycles. The largest absolute Gasteiger partial charge is 0.444 e. The molecule has 0 aliphatic carbocycles. The highest BCUT2D eigenvalue weighted by molar-refractivity contribution is 5.97. The van der Waals surface area contributed by atoms with Crippen LogP contribution in [0.15, 0.2) is 30.3 Å². The van der Waals surface area contributed by atoms with Gasteiger partial charge in [0.1, 0.15) is 23.4 Å². The Hall–Kier alpha value is -3.77. The molecule has 0 aromatic heterocycles. The van der Waals surface area contributed by atoms with Gasteiger partial charge in [-0.25, -0.2) is 9.59 Å². The Balaban J connectivity index is 2.10. The third-order valence-corrected chi connectivity index (χ3v) is 6.46. The van der Waals surface area contributed by atoms with Crippen molar-refractivity contribution in [3.63, 3.8) is 0 Å². The van der Waals surface area contributed by atoms with E-state index in [1.165, 1.54) is 18.7 Å². The van der Waals surface area contributed by atoms with Crippen molar-refractivity contribution >= 4 is 29.8 Å². The highest BCUT2D eigenvalue weighted by Crippen LogP contribution is 2.24. The Labute approximate surface area is 245 Å². The van der Waals surface area contributed by atoms with Gasteiger partial charge in [-0.05, 0) is 57.6 Å². The van der Waals surface area contributed by atoms with Crippen molar-refractivity contribution in [2.45, 2.75) is 91.0 Å². The number of ketones is 1. The van der Waals surface area contributed by atoms with Crippen LogP contribution in [0, 0.1) is 11.8 Å². The van der Waals surface area contributed by atoms with Crippen LogP contribution in [-0.4, -0.2) is 77.4 Å². The maximum Gasteiger partial charge on any atom is 0.413 e. The van der Waals surface area contributed by atoms with E-state index in [9.17, 15) is 32.8 Å². The van der Waals surface area contributed by atoms with Gasteiger partial charge in [0.2, 0.25) is 17.6 Å². The van der Waals surface area contributed by atoms with Gasteiger partial charge in [0, 0.05) is 6.54 Å². The Morgan fingerprint density at radius 1 is 0.929 bits per heavy atom. The standard InChI is InChI=1S/C29H42F2N4O7/c1-17(2)21(23(36)29(30,31)16-32-26(39)42-28(5,6)7)33-24(37)20-14-11-15-35(20)25(38)22(18(3)4)34-27(40)41-19-12-9-8-10-13-19/h8-10,12-13,17-18,20-22H,11,14-16H2,1-7H3,(H,32,39)(H,33,37)(H,34,40)/t20-,21-,22-/m0/s1. The molecule has 0 bridgehead atoms. The molecule has 1 aromatic carbocycles. The second kappa shape index (κ2) is 14.4. The van der Waals surface area contributed by atoms with Gasteiger partial charge in [0.25, 0.3) is 0 Å². The molecule has 42 heavy (non-hydrogen) atoms. The number of hydrogen-bond acceptors (Lipinski definition) is 7. The van der Waals surface area contributed by atoms with Crippen molar-refractivity contribution in [1.82, 2.24) is 20.9 Å². The van der Waals surface area contributed by atoms with Crippen LogP contribution in [0.2, 0.25) is 0 Å². The summed E-state index contributed by atoms with van der Waals surface area (Å²) in [5.74, 6) is -7.70. The molecule has 0 saturated carbocycles. The maximum atomic E-state index is 14.8. The van der Waals surface area contributed by atoms with Crippen LogP contribution in [0.5, 0.6) is 5.75 Å². The number of para-hydroxylation sites is 1. The van der Waals surface area contributed by atoms with E-state index in [-0.39, 0.29) is 24.6 Å². The highest BCUT2D eigenvalue weighted by Gasteiger charge is 2.46. The van der Waals surface area contributed by atoms with Crippen molar-refractivity contribution in [1.29, 1.82) is 0 Å². The monoisotopic (exact) mass is 596 g/mol. The molecule has 234 valence electrons. The summed E-state index contributed by atoms with van der Waals surface area (Å²) in [6.45, 7) is 10.0. The third-order valence-electron chi connectivity index (χ3n) is 6.46. The van der Waals surface area contributed by atoms with Gasteiger partial charge in [-0.3, -0.25) is 14.4 Å². The molecule has 0 radical (unpaired) electrons. The van der Waals surface area contributed by atoms with Crippen LogP contribution < -0.4 is 20.7 Å². The van der Waals surface area contributed by atoms with Gasteiger partial charge in [0.05, 0.1) is 12.6 Å². The molecule has 0 unspecified atom stereocenters. The lowest BCUT2D eigenvalue weighted by molar-refractivity contribution is -0.148. The first-order valence-corrected chi connectivity index (χ1v) is 14.0. The number of Topliss-reactive ketones (excluding diaryl/α,β-unsaturated/α-hetero) is 1. The van der Waals surface area contributed by atoms with Crippen LogP contribution in [0.4, 0.5) is 18.4 Å². The van der Waals surface area contributed by atoms with Gasteiger partial charge in [-0.2, -0.15) is 8.78 Å². The fraction of sp³-hybridized carbons (Fsp3) is 0.621. The van der Waals surface area contributed by atoms with E-state index in [1.54, 1.807) is 65.0 Å². The van der Waals surface area contributed by atoms with E-state index in [4.69, 9.17) is 9.47 Å². The smallest absolute Gasteiger partial charge is 0.413 e. The maximum absolute atomic E-state index is 14.8. The first-order valence-electron chi connectivity index (χ1n) is 14.0. The van der Waals surface area contributed by atoms with Gasteiger partial charge in [-0.15, -0.1) is 0 Å². The van der Waals surface area contributed by atoms with Crippen LogP contribution >= 0.6 is 0 Å². The second-order valence-electron chi connectivity index (χ2n) is 11.9. The summed E-state index contributed by atoms with van der Waals surface area (Å²) in [7, 11) is 0. The molecule has 4 amide bonds. The van der Waals surface area contributed by atoms with Gasteiger partial charge >= 0.3 is 18.1 Å². The third kappa shape index (κ3) is 9.95. The van der Waals surface area contributed by atoms with Crippen LogP contribution in [0.25, 0.3) is 0 Å². The van der Waals surface area contributed by atoms with Crippen molar-refractivity contribution in [2.75, 3.05) is 13.1 Å². The van der Waals surface area contributed by atoms with Gasteiger partial charge < -0.3 is 30.3 Å². The fourth-order valence-corrected chi connectivity index (χ4v) is 4.34. The SMILES string of the molecule is CC(C)[C@H](NC(=O)Oc1ccccc1)C(=O)N1CCC[C@H]1C(=O)N[C@H](C(=O)C(F)(F)CNC(=O)OC(C)(C)C)C(C)C. The molecule has 1 aromatic rings. The number of nitrogens with one attached hydrogen (secondary N) is 3. The fourth-order valence-electron chi connectivity index (χ4n) is 4.34. The predicted octanol–water partition coefficient (Wildman–Crippen LogP) is 3.66. The number of benzene rings is 1. The molecule has 0 spiro atoms. The quantitative estimate of drug-likeness (QED) is 0.354. The average Bonchev–Trinajstić information content (AvgIpc) is 3.38. The minimum atomic E-state index is -4.00. The zero-order valence-electron chi connectivity index (χ0n) is 25.2. The summed E-state index contributed by atoms with van der Waals surface area (Å²) in [5.41, 5.74) is -0.922. The van der Waals surface area contributed by atoms with Gasteiger partial charge in [0.15, 0.2) is 0 Å². The summed E-state index contributed by atoms with van der Waals surface area (Å²) < 4.78 is 39.9. The minimum absolute atomic E-state index is 0.200. The van der Waals surface area contributed by atoms with Gasteiger partial charge in [-0.1, -0.05) is 45.9 Å². The number of halogens is 2. The molecule has 1 aliphatic rings. The summed E-state index contributed by atoms with van der Waals surface area (Å²) in [5, 5.41) is 6.85. The number of rotatable bonds is 11. The van der Waals surface area contributed by atoms with E-state index < -0.39 is 71.9 Å². The lowest BCUT2D eigenvalue weighted by Gasteiger charge is -2.32. The first kappa shape index (κ1) is 34.4. The van der Waals surface area contributed by atoms with E-state index >= 15 is 0 Å². The van der Waals surface area contributed by atoms with Crippen molar-refractivity contribution in [3.05, 3.63) is 30.3 Å². The topological polar surface area (TPSA) is 143 Å². The number of carbonyl (C=O) groups excluding carboxylic acids is 5. The number of nitrogens with zero attached hydrogens (tertiary/aromatic N) is 1. The van der Waals surface area contributed by atoms with Crippen molar-refractivity contribution in [2.24, 2.45) is 11.8 Å². The molecule has 1 fully saturated rings. The molecule has 3 N–H and O–H groups in total. The number of alkyl halides is 2. The van der Waals surface area contributed by atoms with E-state index in [0.717, 1.165) is 0 Å². The molecule has 13 heteroatoms. The Morgan fingerprint density at radius 3 is 2.07 bits per heavy atom. The molecule has 3 atom stereocenters. The van der Waals surface area contributed by atoms with Crippen LogP contribution in [0.1, 0.15) is 61.3 Å². The molecule has 11 nitrogen and oxygen atoms in total. The normalized spacial score (nSPS) is 16.9. The number of ether oxygens (including phenoxy) is 2. The van der Waals surface area contributed by atoms with Crippen LogP contribution in [-0.2, 0) is 19.1 Å². The summed E-state index contributed by atoms with van der Waals surface area (Å²) in [6.07, 6.45) is -1.26. The van der Waals surface area contributed by atoms with E-state index in [1.807, 2.05) is 5.32 Å².